The number of amides is 1. The average Bonchev–Trinajstić information content (AvgIpc) is 2.46. The standard InChI is InChI=1S/C15H21NO4/c1-3-11-7-4-5-8-12(11)14(17)16-13(15(18)19)9-6-10-20-2/h4-5,7-8,13H,3,6,9-10H2,1-2H3,(H,16,17)(H,18,19). The average molecular weight is 279 g/mol. The zero-order valence-electron chi connectivity index (χ0n) is 11.9. The van der Waals surface area contributed by atoms with Crippen LogP contribution in [0.25, 0.3) is 0 Å². The minimum Gasteiger partial charge on any atom is -0.480 e. The Bertz CT molecular complexity index is 459. The van der Waals surface area contributed by atoms with Gasteiger partial charge in [0.15, 0.2) is 0 Å². The van der Waals surface area contributed by atoms with E-state index in [-0.39, 0.29) is 5.91 Å². The zero-order valence-corrected chi connectivity index (χ0v) is 11.9. The minimum atomic E-state index is -1.02. The number of carboxylic acids is 1. The largest absolute Gasteiger partial charge is 0.480 e. The number of carbonyl (C=O) groups excluding carboxylic acids is 1. The van der Waals surface area contributed by atoms with Gasteiger partial charge in [-0.05, 0) is 30.9 Å². The van der Waals surface area contributed by atoms with Crippen molar-refractivity contribution in [2.75, 3.05) is 13.7 Å². The smallest absolute Gasteiger partial charge is 0.326 e. The van der Waals surface area contributed by atoms with Gasteiger partial charge >= 0.3 is 5.97 Å². The number of carbonyl (C=O) groups is 2. The SMILES string of the molecule is CCc1ccccc1C(=O)NC(CCCOC)C(=O)O. The molecule has 0 radical (unpaired) electrons. The van der Waals surface area contributed by atoms with Gasteiger partial charge in [0.25, 0.3) is 5.91 Å². The van der Waals surface area contributed by atoms with Crippen LogP contribution in [0.2, 0.25) is 0 Å². The highest BCUT2D eigenvalue weighted by atomic mass is 16.5. The highest BCUT2D eigenvalue weighted by molar-refractivity contribution is 5.97. The Kier molecular flexibility index (Phi) is 6.73. The lowest BCUT2D eigenvalue weighted by Gasteiger charge is -2.15. The third-order valence-electron chi connectivity index (χ3n) is 3.09. The first-order chi connectivity index (χ1) is 9.60. The molecule has 0 fully saturated rings. The molecule has 0 spiro atoms. The molecule has 1 atom stereocenters. The number of methoxy groups -OCH3 is 1. The molecule has 2 N–H and O–H groups in total. The molecule has 20 heavy (non-hydrogen) atoms. The Morgan fingerprint density at radius 2 is 2.05 bits per heavy atom. The summed E-state index contributed by atoms with van der Waals surface area (Å²) in [5, 5.41) is 11.7. The van der Waals surface area contributed by atoms with Gasteiger partial charge in [0.1, 0.15) is 6.04 Å². The Morgan fingerprint density at radius 1 is 1.35 bits per heavy atom. The van der Waals surface area contributed by atoms with Crippen molar-refractivity contribution >= 4 is 11.9 Å². The zero-order chi connectivity index (χ0) is 15.0. The van der Waals surface area contributed by atoms with Crippen molar-refractivity contribution in [3.63, 3.8) is 0 Å². The summed E-state index contributed by atoms with van der Waals surface area (Å²) in [5.74, 6) is -1.37. The molecular weight excluding hydrogens is 258 g/mol. The first-order valence-electron chi connectivity index (χ1n) is 6.70. The Balaban J connectivity index is 2.72. The lowest BCUT2D eigenvalue weighted by atomic mass is 10.0. The van der Waals surface area contributed by atoms with E-state index in [4.69, 9.17) is 9.84 Å². The Morgan fingerprint density at radius 3 is 2.65 bits per heavy atom. The fourth-order valence-corrected chi connectivity index (χ4v) is 1.98. The van der Waals surface area contributed by atoms with Crippen molar-refractivity contribution in [2.24, 2.45) is 0 Å². The molecule has 0 aliphatic rings. The molecular formula is C15H21NO4. The van der Waals surface area contributed by atoms with Crippen LogP contribution in [-0.2, 0) is 16.0 Å². The Labute approximate surface area is 118 Å². The highest BCUT2D eigenvalue weighted by Crippen LogP contribution is 2.10. The molecule has 0 aliphatic carbocycles. The predicted octanol–water partition coefficient (Wildman–Crippen LogP) is 1.86. The number of carboxylic acid groups (broad SMARTS) is 1. The van der Waals surface area contributed by atoms with E-state index < -0.39 is 12.0 Å². The summed E-state index contributed by atoms with van der Waals surface area (Å²) in [6.45, 7) is 2.44. The molecule has 0 saturated heterocycles. The first kappa shape index (κ1) is 16.2. The van der Waals surface area contributed by atoms with Crippen molar-refractivity contribution in [2.45, 2.75) is 32.2 Å². The van der Waals surface area contributed by atoms with Gasteiger partial charge in [-0.2, -0.15) is 0 Å². The number of hydrogen-bond acceptors (Lipinski definition) is 3. The van der Waals surface area contributed by atoms with Gasteiger partial charge in [-0.25, -0.2) is 4.79 Å². The first-order valence-corrected chi connectivity index (χ1v) is 6.70. The second-order valence-electron chi connectivity index (χ2n) is 4.51. The monoisotopic (exact) mass is 279 g/mol. The van der Waals surface area contributed by atoms with Crippen molar-refractivity contribution in [1.82, 2.24) is 5.32 Å². The molecule has 0 bridgehead atoms. The van der Waals surface area contributed by atoms with Gasteiger partial charge in [-0.3, -0.25) is 4.79 Å². The predicted molar refractivity (Wildman–Crippen MR) is 75.8 cm³/mol. The normalized spacial score (nSPS) is 11.9. The summed E-state index contributed by atoms with van der Waals surface area (Å²) >= 11 is 0. The maximum absolute atomic E-state index is 12.2. The number of rotatable bonds is 8. The summed E-state index contributed by atoms with van der Waals surface area (Å²) in [6.07, 6.45) is 1.66. The Hall–Kier alpha value is -1.88. The summed E-state index contributed by atoms with van der Waals surface area (Å²) in [4.78, 5) is 23.3. The molecule has 0 saturated carbocycles. The summed E-state index contributed by atoms with van der Waals surface area (Å²) in [6, 6.07) is 6.33. The van der Waals surface area contributed by atoms with Crippen molar-refractivity contribution in [1.29, 1.82) is 0 Å². The van der Waals surface area contributed by atoms with Crippen LogP contribution >= 0.6 is 0 Å². The molecule has 1 aromatic carbocycles. The van der Waals surface area contributed by atoms with Crippen LogP contribution < -0.4 is 5.32 Å². The van der Waals surface area contributed by atoms with Gasteiger partial charge in [0.05, 0.1) is 0 Å². The van der Waals surface area contributed by atoms with E-state index in [0.717, 1.165) is 12.0 Å². The van der Waals surface area contributed by atoms with Crippen molar-refractivity contribution < 1.29 is 19.4 Å². The minimum absolute atomic E-state index is 0.340. The number of nitrogens with one attached hydrogen (secondary N) is 1. The molecule has 0 aliphatic heterocycles. The molecule has 1 rings (SSSR count). The topological polar surface area (TPSA) is 75.6 Å². The number of ether oxygens (including phenoxy) is 1. The lowest BCUT2D eigenvalue weighted by Crippen LogP contribution is -2.41. The van der Waals surface area contributed by atoms with E-state index in [1.807, 2.05) is 19.1 Å². The number of hydrogen-bond donors (Lipinski definition) is 2. The van der Waals surface area contributed by atoms with E-state index in [1.165, 1.54) is 0 Å². The van der Waals surface area contributed by atoms with Gasteiger partial charge in [-0.15, -0.1) is 0 Å². The van der Waals surface area contributed by atoms with Gasteiger partial charge in [0, 0.05) is 19.3 Å². The summed E-state index contributed by atoms with van der Waals surface area (Å²) < 4.78 is 4.89. The molecule has 1 amide bonds. The molecule has 5 heteroatoms. The maximum atomic E-state index is 12.2. The summed E-state index contributed by atoms with van der Waals surface area (Å²) in [7, 11) is 1.56. The third-order valence-corrected chi connectivity index (χ3v) is 3.09. The van der Waals surface area contributed by atoms with Gasteiger partial charge in [-0.1, -0.05) is 25.1 Å². The second kappa shape index (κ2) is 8.32. The number of aliphatic carboxylic acids is 1. The van der Waals surface area contributed by atoms with Crippen molar-refractivity contribution in [3.05, 3.63) is 35.4 Å². The van der Waals surface area contributed by atoms with Gasteiger partial charge < -0.3 is 15.2 Å². The van der Waals surface area contributed by atoms with Gasteiger partial charge in [0.2, 0.25) is 0 Å². The fraction of sp³-hybridized carbons (Fsp3) is 0.467. The molecule has 0 aromatic heterocycles. The van der Waals surface area contributed by atoms with Crippen LogP contribution in [-0.4, -0.2) is 36.7 Å². The lowest BCUT2D eigenvalue weighted by molar-refractivity contribution is -0.139. The van der Waals surface area contributed by atoms with E-state index in [9.17, 15) is 9.59 Å². The van der Waals surface area contributed by atoms with E-state index in [2.05, 4.69) is 5.32 Å². The van der Waals surface area contributed by atoms with Crippen LogP contribution in [0.5, 0.6) is 0 Å². The molecule has 110 valence electrons. The quantitative estimate of drug-likeness (QED) is 0.712. The van der Waals surface area contributed by atoms with Crippen LogP contribution in [0.15, 0.2) is 24.3 Å². The molecule has 5 nitrogen and oxygen atoms in total. The molecule has 0 heterocycles. The molecule has 1 aromatic rings. The second-order valence-corrected chi connectivity index (χ2v) is 4.51. The number of aryl methyl sites for hydroxylation is 1. The van der Waals surface area contributed by atoms with Crippen molar-refractivity contribution in [3.8, 4) is 0 Å². The van der Waals surface area contributed by atoms with Crippen LogP contribution in [0, 0.1) is 0 Å². The van der Waals surface area contributed by atoms with Crippen LogP contribution in [0.4, 0.5) is 0 Å². The summed E-state index contributed by atoms with van der Waals surface area (Å²) in [5.41, 5.74) is 1.44. The fourth-order valence-electron chi connectivity index (χ4n) is 1.98. The maximum Gasteiger partial charge on any atom is 0.326 e. The highest BCUT2D eigenvalue weighted by Gasteiger charge is 2.21. The van der Waals surface area contributed by atoms with Crippen LogP contribution in [0.3, 0.4) is 0 Å². The van der Waals surface area contributed by atoms with E-state index in [0.29, 0.717) is 25.0 Å². The van der Waals surface area contributed by atoms with Crippen LogP contribution in [0.1, 0.15) is 35.7 Å². The third kappa shape index (κ3) is 4.66. The number of benzene rings is 1. The van der Waals surface area contributed by atoms with E-state index in [1.54, 1.807) is 19.2 Å². The van der Waals surface area contributed by atoms with E-state index >= 15 is 0 Å². The molecule has 1 unspecified atom stereocenters.